The second kappa shape index (κ2) is 7.14. The molecule has 0 saturated heterocycles. The first kappa shape index (κ1) is 13.8. The lowest BCUT2D eigenvalue weighted by Crippen LogP contribution is -2.41. The first-order valence-electron chi connectivity index (χ1n) is 6.30. The predicted octanol–water partition coefficient (Wildman–Crippen LogP) is 1.28. The van der Waals surface area contributed by atoms with Gasteiger partial charge < -0.3 is 15.4 Å². The van der Waals surface area contributed by atoms with Gasteiger partial charge in [-0.05, 0) is 25.2 Å². The molecule has 2 amide bonds. The maximum absolute atomic E-state index is 11.4. The number of carbonyl (C=O) groups excluding carboxylic acids is 2. The van der Waals surface area contributed by atoms with Crippen LogP contribution < -0.4 is 10.6 Å². The minimum Gasteiger partial charge on any atom is -0.465 e. The Balaban J connectivity index is 2.10. The van der Waals surface area contributed by atoms with Crippen molar-refractivity contribution in [3.05, 3.63) is 0 Å². The van der Waals surface area contributed by atoms with E-state index in [0.717, 1.165) is 0 Å². The van der Waals surface area contributed by atoms with E-state index in [0.29, 0.717) is 25.0 Å². The summed E-state index contributed by atoms with van der Waals surface area (Å²) >= 11 is 0. The van der Waals surface area contributed by atoms with Gasteiger partial charge in [0.2, 0.25) is 0 Å². The molecule has 0 aliphatic heterocycles. The Labute approximate surface area is 102 Å². The molecule has 0 radical (unpaired) electrons. The van der Waals surface area contributed by atoms with Crippen molar-refractivity contribution in [3.63, 3.8) is 0 Å². The molecule has 1 aliphatic carbocycles. The standard InChI is InChI=1S/C12H22N2O3/c1-3-17-11(15)8-14-12(16)13-7-10-6-4-5-9(10)2/h9-10H,3-8H2,1-2H3,(H2,13,14,16). The summed E-state index contributed by atoms with van der Waals surface area (Å²) in [5.74, 6) is 0.848. The molecule has 0 aromatic rings. The van der Waals surface area contributed by atoms with Gasteiger partial charge in [0.1, 0.15) is 6.54 Å². The maximum Gasteiger partial charge on any atom is 0.325 e. The number of urea groups is 1. The third-order valence-corrected chi connectivity index (χ3v) is 3.26. The predicted molar refractivity (Wildman–Crippen MR) is 64.5 cm³/mol. The number of rotatable bonds is 5. The Kier molecular flexibility index (Phi) is 5.80. The molecular formula is C12H22N2O3. The number of hydrogen-bond donors (Lipinski definition) is 2. The lowest BCUT2D eigenvalue weighted by atomic mass is 9.98. The fourth-order valence-corrected chi connectivity index (χ4v) is 2.18. The van der Waals surface area contributed by atoms with Crippen LogP contribution in [0.3, 0.4) is 0 Å². The summed E-state index contributed by atoms with van der Waals surface area (Å²) in [5.41, 5.74) is 0. The van der Waals surface area contributed by atoms with Gasteiger partial charge in [0, 0.05) is 6.54 Å². The fourth-order valence-electron chi connectivity index (χ4n) is 2.18. The molecule has 0 bridgehead atoms. The van der Waals surface area contributed by atoms with E-state index in [-0.39, 0.29) is 12.6 Å². The molecule has 1 fully saturated rings. The number of hydrogen-bond acceptors (Lipinski definition) is 3. The van der Waals surface area contributed by atoms with Crippen LogP contribution in [0.15, 0.2) is 0 Å². The van der Waals surface area contributed by atoms with Crippen molar-refractivity contribution < 1.29 is 14.3 Å². The van der Waals surface area contributed by atoms with E-state index in [4.69, 9.17) is 4.74 Å². The van der Waals surface area contributed by atoms with Crippen molar-refractivity contribution in [1.29, 1.82) is 0 Å². The molecule has 1 saturated carbocycles. The van der Waals surface area contributed by atoms with Gasteiger partial charge in [0.15, 0.2) is 0 Å². The number of amides is 2. The SMILES string of the molecule is CCOC(=O)CNC(=O)NCC1CCCC1C. The Morgan fingerprint density at radius 1 is 1.29 bits per heavy atom. The summed E-state index contributed by atoms with van der Waals surface area (Å²) in [5, 5.41) is 5.28. The Morgan fingerprint density at radius 3 is 2.65 bits per heavy atom. The minimum atomic E-state index is -0.406. The van der Waals surface area contributed by atoms with Gasteiger partial charge in [-0.15, -0.1) is 0 Å². The van der Waals surface area contributed by atoms with Crippen molar-refractivity contribution in [2.24, 2.45) is 11.8 Å². The maximum atomic E-state index is 11.4. The van der Waals surface area contributed by atoms with Crippen LogP contribution in [-0.4, -0.2) is 31.7 Å². The highest BCUT2D eigenvalue weighted by Crippen LogP contribution is 2.30. The lowest BCUT2D eigenvalue weighted by Gasteiger charge is -2.16. The third kappa shape index (κ3) is 5.06. The highest BCUT2D eigenvalue weighted by atomic mass is 16.5. The zero-order valence-corrected chi connectivity index (χ0v) is 10.6. The van der Waals surface area contributed by atoms with Crippen LogP contribution in [0.1, 0.15) is 33.1 Å². The molecule has 2 atom stereocenters. The van der Waals surface area contributed by atoms with Crippen LogP contribution in [0, 0.1) is 11.8 Å². The van der Waals surface area contributed by atoms with Crippen molar-refractivity contribution in [2.75, 3.05) is 19.7 Å². The van der Waals surface area contributed by atoms with Crippen LogP contribution in [0.5, 0.6) is 0 Å². The van der Waals surface area contributed by atoms with E-state index in [9.17, 15) is 9.59 Å². The van der Waals surface area contributed by atoms with Gasteiger partial charge in [0.05, 0.1) is 6.61 Å². The van der Waals surface area contributed by atoms with Crippen LogP contribution >= 0.6 is 0 Å². The highest BCUT2D eigenvalue weighted by molar-refractivity contribution is 5.80. The molecule has 98 valence electrons. The molecule has 2 unspecified atom stereocenters. The van der Waals surface area contributed by atoms with Gasteiger partial charge in [-0.2, -0.15) is 0 Å². The summed E-state index contributed by atoms with van der Waals surface area (Å²) in [6.07, 6.45) is 3.67. The largest absolute Gasteiger partial charge is 0.465 e. The molecule has 0 heterocycles. The zero-order valence-electron chi connectivity index (χ0n) is 10.6. The average molecular weight is 242 g/mol. The van der Waals surface area contributed by atoms with Crippen LogP contribution in [0.4, 0.5) is 4.79 Å². The fraction of sp³-hybridized carbons (Fsp3) is 0.833. The van der Waals surface area contributed by atoms with Crippen LogP contribution in [-0.2, 0) is 9.53 Å². The summed E-state index contributed by atoms with van der Waals surface area (Å²) in [6, 6.07) is -0.294. The zero-order chi connectivity index (χ0) is 12.7. The molecule has 0 aromatic carbocycles. The van der Waals surface area contributed by atoms with Gasteiger partial charge in [-0.1, -0.05) is 19.8 Å². The van der Waals surface area contributed by atoms with Gasteiger partial charge in [-0.25, -0.2) is 4.79 Å². The Morgan fingerprint density at radius 2 is 2.06 bits per heavy atom. The summed E-state index contributed by atoms with van der Waals surface area (Å²) in [6.45, 7) is 4.91. The molecule has 1 rings (SSSR count). The van der Waals surface area contributed by atoms with Gasteiger partial charge in [-0.3, -0.25) is 4.79 Å². The number of ether oxygens (including phenoxy) is 1. The van der Waals surface area contributed by atoms with Gasteiger partial charge in [0.25, 0.3) is 0 Å². The van der Waals surface area contributed by atoms with Crippen molar-refractivity contribution in [2.45, 2.75) is 33.1 Å². The van der Waals surface area contributed by atoms with E-state index < -0.39 is 5.97 Å². The van der Waals surface area contributed by atoms with Gasteiger partial charge >= 0.3 is 12.0 Å². The summed E-state index contributed by atoms with van der Waals surface area (Å²) in [7, 11) is 0. The normalized spacial score (nSPS) is 23.2. The molecule has 5 heteroatoms. The quantitative estimate of drug-likeness (QED) is 0.714. The molecule has 2 N–H and O–H groups in total. The molecular weight excluding hydrogens is 220 g/mol. The summed E-state index contributed by atoms with van der Waals surface area (Å²) in [4.78, 5) is 22.4. The van der Waals surface area contributed by atoms with Crippen molar-refractivity contribution in [3.8, 4) is 0 Å². The second-order valence-electron chi connectivity index (χ2n) is 4.54. The van der Waals surface area contributed by atoms with E-state index in [1.165, 1.54) is 19.3 Å². The van der Waals surface area contributed by atoms with E-state index in [1.807, 2.05) is 0 Å². The highest BCUT2D eigenvalue weighted by Gasteiger charge is 2.23. The molecule has 0 spiro atoms. The van der Waals surface area contributed by atoms with Crippen LogP contribution in [0.2, 0.25) is 0 Å². The second-order valence-corrected chi connectivity index (χ2v) is 4.54. The molecule has 5 nitrogen and oxygen atoms in total. The van der Waals surface area contributed by atoms with E-state index in [2.05, 4.69) is 17.6 Å². The third-order valence-electron chi connectivity index (χ3n) is 3.26. The topological polar surface area (TPSA) is 67.4 Å². The Bertz CT molecular complexity index is 268. The molecule has 17 heavy (non-hydrogen) atoms. The number of carbonyl (C=O) groups is 2. The monoisotopic (exact) mass is 242 g/mol. The van der Waals surface area contributed by atoms with E-state index >= 15 is 0 Å². The van der Waals surface area contributed by atoms with E-state index in [1.54, 1.807) is 6.92 Å². The number of esters is 1. The van der Waals surface area contributed by atoms with Crippen molar-refractivity contribution >= 4 is 12.0 Å². The van der Waals surface area contributed by atoms with Crippen molar-refractivity contribution in [1.82, 2.24) is 10.6 Å². The first-order valence-corrected chi connectivity index (χ1v) is 6.30. The Hall–Kier alpha value is -1.26. The average Bonchev–Trinajstić information content (AvgIpc) is 2.70. The summed E-state index contributed by atoms with van der Waals surface area (Å²) < 4.78 is 4.71. The number of nitrogens with one attached hydrogen (secondary N) is 2. The minimum absolute atomic E-state index is 0.0696. The molecule has 1 aliphatic rings. The first-order chi connectivity index (χ1) is 8.13. The smallest absolute Gasteiger partial charge is 0.325 e. The molecule has 0 aromatic heterocycles. The lowest BCUT2D eigenvalue weighted by molar-refractivity contribution is -0.141. The van der Waals surface area contributed by atoms with Crippen LogP contribution in [0.25, 0.3) is 0 Å².